The summed E-state index contributed by atoms with van der Waals surface area (Å²) in [5, 5.41) is 17.0. The molecule has 1 aromatic carbocycles. The molecule has 3 heterocycles. The molecule has 0 saturated carbocycles. The molecule has 0 saturated heterocycles. The van der Waals surface area contributed by atoms with Crippen LogP contribution in [0.5, 0.6) is 0 Å². The van der Waals surface area contributed by atoms with Crippen molar-refractivity contribution in [3.8, 4) is 22.9 Å². The van der Waals surface area contributed by atoms with E-state index < -0.39 is 5.97 Å². The quantitative estimate of drug-likeness (QED) is 0.533. The summed E-state index contributed by atoms with van der Waals surface area (Å²) in [7, 11) is 2.00. The predicted octanol–water partition coefficient (Wildman–Crippen LogP) is 3.40. The fourth-order valence-electron chi connectivity index (χ4n) is 2.67. The van der Waals surface area contributed by atoms with E-state index in [1.807, 2.05) is 37.5 Å². The van der Waals surface area contributed by atoms with Gasteiger partial charge in [0, 0.05) is 29.7 Å². The van der Waals surface area contributed by atoms with Gasteiger partial charge in [-0.05, 0) is 24.3 Å². The Bertz CT molecular complexity index is 1060. The summed E-state index contributed by atoms with van der Waals surface area (Å²) < 4.78 is 8.00. The van der Waals surface area contributed by atoms with Crippen LogP contribution in [0.2, 0.25) is 0 Å². The molecule has 0 amide bonds. The van der Waals surface area contributed by atoms with Crippen molar-refractivity contribution in [2.45, 2.75) is 5.16 Å². The van der Waals surface area contributed by atoms with Crippen LogP contribution in [0.15, 0.2) is 52.2 Å². The number of furan rings is 1. The first-order valence-corrected chi connectivity index (χ1v) is 8.52. The molecule has 0 radical (unpaired) electrons. The van der Waals surface area contributed by atoms with E-state index in [9.17, 15) is 4.79 Å². The van der Waals surface area contributed by atoms with E-state index in [-0.39, 0.29) is 5.75 Å². The Hall–Kier alpha value is -3.00. The summed E-state index contributed by atoms with van der Waals surface area (Å²) in [6.07, 6.45) is 2.01. The maximum Gasteiger partial charge on any atom is 0.313 e. The average Bonchev–Trinajstić information content (AvgIpc) is 3.32. The van der Waals surface area contributed by atoms with Crippen LogP contribution in [0, 0.1) is 0 Å². The molecule has 2 N–H and O–H groups in total. The Balaban J connectivity index is 1.65. The van der Waals surface area contributed by atoms with Gasteiger partial charge in [0.2, 0.25) is 5.16 Å². The van der Waals surface area contributed by atoms with Gasteiger partial charge in [0.25, 0.3) is 0 Å². The molecule has 3 aromatic heterocycles. The van der Waals surface area contributed by atoms with Crippen LogP contribution >= 0.6 is 11.8 Å². The summed E-state index contributed by atoms with van der Waals surface area (Å²) in [6, 6.07) is 11.8. The third-order valence-corrected chi connectivity index (χ3v) is 4.65. The van der Waals surface area contributed by atoms with E-state index in [0.29, 0.717) is 16.7 Å². The normalized spacial score (nSPS) is 11.2. The number of nitrogens with zero attached hydrogens (tertiary/aromatic N) is 3. The zero-order chi connectivity index (χ0) is 17.4. The van der Waals surface area contributed by atoms with Gasteiger partial charge in [-0.2, -0.15) is 4.98 Å². The number of nitrogens with one attached hydrogen (secondary N) is 1. The van der Waals surface area contributed by atoms with Crippen molar-refractivity contribution in [2.75, 3.05) is 5.75 Å². The first kappa shape index (κ1) is 15.5. The smallest absolute Gasteiger partial charge is 0.313 e. The molecule has 7 nitrogen and oxygen atoms in total. The van der Waals surface area contributed by atoms with Crippen molar-refractivity contribution in [1.29, 1.82) is 0 Å². The maximum absolute atomic E-state index is 10.6. The first-order valence-electron chi connectivity index (χ1n) is 7.53. The van der Waals surface area contributed by atoms with Crippen LogP contribution in [-0.4, -0.2) is 36.6 Å². The second-order valence-corrected chi connectivity index (χ2v) is 6.42. The Morgan fingerprint density at radius 1 is 1.28 bits per heavy atom. The van der Waals surface area contributed by atoms with Crippen molar-refractivity contribution in [3.63, 3.8) is 0 Å². The highest BCUT2D eigenvalue weighted by Crippen LogP contribution is 2.32. The number of aliphatic carboxylic acids is 1. The minimum atomic E-state index is -0.910. The van der Waals surface area contributed by atoms with Crippen molar-refractivity contribution in [2.24, 2.45) is 7.05 Å². The fraction of sp³-hybridized carbons (Fsp3) is 0.118. The van der Waals surface area contributed by atoms with Gasteiger partial charge in [-0.25, -0.2) is 0 Å². The third-order valence-electron chi connectivity index (χ3n) is 3.82. The number of aromatic nitrogens is 4. The van der Waals surface area contributed by atoms with E-state index in [1.54, 1.807) is 0 Å². The van der Waals surface area contributed by atoms with E-state index in [4.69, 9.17) is 9.52 Å². The van der Waals surface area contributed by atoms with Gasteiger partial charge in [0.1, 0.15) is 5.76 Å². The minimum absolute atomic E-state index is 0.0866. The lowest BCUT2D eigenvalue weighted by molar-refractivity contribution is -0.133. The van der Waals surface area contributed by atoms with Crippen LogP contribution < -0.4 is 0 Å². The van der Waals surface area contributed by atoms with Crippen molar-refractivity contribution < 1.29 is 14.3 Å². The number of aromatic amines is 1. The van der Waals surface area contributed by atoms with E-state index >= 15 is 0 Å². The van der Waals surface area contributed by atoms with Gasteiger partial charge in [-0.1, -0.05) is 23.9 Å². The highest BCUT2D eigenvalue weighted by Gasteiger charge is 2.14. The van der Waals surface area contributed by atoms with Gasteiger partial charge in [0.15, 0.2) is 11.6 Å². The van der Waals surface area contributed by atoms with Crippen molar-refractivity contribution >= 4 is 28.6 Å². The molecule has 0 aliphatic heterocycles. The standard InChI is InChI=1S/C17H14N4O3S/c1-21-8-7-10-11(3-2-4-12(10)21)13-5-6-14(24-13)16-18-17(20-19-16)25-9-15(22)23/h2-8H,9H2,1H3,(H,22,23)(H,18,19,20). The molecule has 0 unspecified atom stereocenters. The molecule has 0 aliphatic rings. The monoisotopic (exact) mass is 354 g/mol. The molecular formula is C17H14N4O3S. The highest BCUT2D eigenvalue weighted by molar-refractivity contribution is 7.99. The lowest BCUT2D eigenvalue weighted by Crippen LogP contribution is -1.97. The summed E-state index contributed by atoms with van der Waals surface area (Å²) >= 11 is 1.05. The summed E-state index contributed by atoms with van der Waals surface area (Å²) in [5.74, 6) is 0.768. The summed E-state index contributed by atoms with van der Waals surface area (Å²) in [5.41, 5.74) is 2.13. The number of carbonyl (C=O) groups is 1. The average molecular weight is 354 g/mol. The van der Waals surface area contributed by atoms with E-state index in [2.05, 4.69) is 31.9 Å². The topological polar surface area (TPSA) is 96.9 Å². The lowest BCUT2D eigenvalue weighted by atomic mass is 10.1. The second kappa shape index (κ2) is 6.14. The largest absolute Gasteiger partial charge is 0.481 e. The van der Waals surface area contributed by atoms with Gasteiger partial charge < -0.3 is 14.1 Å². The zero-order valence-corrected chi connectivity index (χ0v) is 14.1. The molecule has 0 atom stereocenters. The van der Waals surface area contributed by atoms with E-state index in [0.717, 1.165) is 34.0 Å². The number of carboxylic acid groups (broad SMARTS) is 1. The molecule has 126 valence electrons. The van der Waals surface area contributed by atoms with Crippen molar-refractivity contribution in [3.05, 3.63) is 42.6 Å². The molecule has 4 aromatic rings. The van der Waals surface area contributed by atoms with Gasteiger partial charge >= 0.3 is 5.97 Å². The predicted molar refractivity (Wildman–Crippen MR) is 94.4 cm³/mol. The molecule has 0 spiro atoms. The van der Waals surface area contributed by atoms with Gasteiger partial charge in [-0.15, -0.1) is 5.10 Å². The molecular weight excluding hydrogens is 340 g/mol. The number of H-pyrrole nitrogens is 1. The molecule has 0 aliphatic carbocycles. The molecule has 4 rings (SSSR count). The van der Waals surface area contributed by atoms with Crippen molar-refractivity contribution in [1.82, 2.24) is 19.7 Å². The minimum Gasteiger partial charge on any atom is -0.481 e. The number of fused-ring (bicyclic) bond motifs is 1. The van der Waals surface area contributed by atoms with Gasteiger partial charge in [0.05, 0.1) is 5.75 Å². The molecule has 8 heteroatoms. The lowest BCUT2D eigenvalue weighted by Gasteiger charge is -2.01. The molecule has 0 bridgehead atoms. The molecule has 25 heavy (non-hydrogen) atoms. The number of carboxylic acids is 1. The maximum atomic E-state index is 10.6. The van der Waals surface area contributed by atoms with E-state index in [1.165, 1.54) is 0 Å². The summed E-state index contributed by atoms with van der Waals surface area (Å²) in [4.78, 5) is 14.9. The van der Waals surface area contributed by atoms with Crippen LogP contribution in [0.25, 0.3) is 33.8 Å². The van der Waals surface area contributed by atoms with Gasteiger partial charge in [-0.3, -0.25) is 9.89 Å². The third kappa shape index (κ3) is 2.91. The number of hydrogen-bond acceptors (Lipinski definition) is 5. The number of aryl methyl sites for hydroxylation is 1. The second-order valence-electron chi connectivity index (χ2n) is 5.48. The number of benzene rings is 1. The van der Waals surface area contributed by atoms with Crippen LogP contribution in [-0.2, 0) is 11.8 Å². The number of thioether (sulfide) groups is 1. The summed E-state index contributed by atoms with van der Waals surface area (Å²) in [6.45, 7) is 0. The fourth-order valence-corrected chi connectivity index (χ4v) is 3.19. The highest BCUT2D eigenvalue weighted by atomic mass is 32.2. The Kier molecular flexibility index (Phi) is 3.81. The number of rotatable bonds is 5. The number of hydrogen-bond donors (Lipinski definition) is 2. The first-order chi connectivity index (χ1) is 12.1. The molecule has 0 fully saturated rings. The van der Waals surface area contributed by atoms with Crippen LogP contribution in [0.3, 0.4) is 0 Å². The zero-order valence-electron chi connectivity index (χ0n) is 13.3. The Morgan fingerprint density at radius 3 is 2.96 bits per heavy atom. The Morgan fingerprint density at radius 2 is 2.12 bits per heavy atom. The SMILES string of the molecule is Cn1ccc2c(-c3ccc(-c4nc(SCC(=O)O)n[nH]4)o3)cccc21. The van der Waals surface area contributed by atoms with Crippen LogP contribution in [0.4, 0.5) is 0 Å². The van der Waals surface area contributed by atoms with Crippen LogP contribution in [0.1, 0.15) is 0 Å². The Labute approximate surface area is 146 Å².